The normalized spacial score (nSPS) is 18.2. The zero-order chi connectivity index (χ0) is 23.6. The number of amides is 2. The third-order valence-electron chi connectivity index (χ3n) is 4.68. The molecule has 2 amide bonds. The predicted octanol–water partition coefficient (Wildman–Crippen LogP) is 3.04. The number of alkyl carbamates (subject to hydrolysis) is 1. The molecule has 2 N–H and O–H groups in total. The van der Waals surface area contributed by atoms with Gasteiger partial charge in [0.1, 0.15) is 23.1 Å². The number of hydrogen-bond donors (Lipinski definition) is 2. The zero-order valence-electron chi connectivity index (χ0n) is 19.2. The first-order chi connectivity index (χ1) is 15.2. The van der Waals surface area contributed by atoms with Gasteiger partial charge < -0.3 is 24.8 Å². The van der Waals surface area contributed by atoms with Crippen LogP contribution in [0.5, 0.6) is 0 Å². The fraction of sp³-hybridized carbons (Fsp3) is 0.609. The summed E-state index contributed by atoms with van der Waals surface area (Å²) < 4.78 is 15.9. The summed E-state index contributed by atoms with van der Waals surface area (Å²) in [6.45, 7) is 5.94. The van der Waals surface area contributed by atoms with Gasteiger partial charge in [0.25, 0.3) is 0 Å². The molecule has 178 valence electrons. The van der Waals surface area contributed by atoms with E-state index in [1.807, 2.05) is 30.3 Å². The van der Waals surface area contributed by atoms with Gasteiger partial charge >= 0.3 is 12.1 Å². The van der Waals surface area contributed by atoms with E-state index in [1.54, 1.807) is 20.8 Å². The first kappa shape index (κ1) is 26.0. The lowest BCUT2D eigenvalue weighted by Gasteiger charge is -2.26. The molecule has 0 unspecified atom stereocenters. The van der Waals surface area contributed by atoms with E-state index in [1.165, 1.54) is 18.9 Å². The number of thioether (sulfide) groups is 1. The van der Waals surface area contributed by atoms with E-state index >= 15 is 0 Å². The standard InChI is InChI=1S/C23H34N2O6S/c1-23(2,3)31-22(28)25-17(14-16-10-6-5-7-11-16)20(26)24-18(21(27)29-4)15-32-19-12-8-9-13-30-19/h5-7,10-11,17-19H,8-9,12-15H2,1-4H3,(H,24,26)(H,25,28)/t17-,18-,19-/m0/s1. The van der Waals surface area contributed by atoms with Crippen LogP contribution >= 0.6 is 11.8 Å². The van der Waals surface area contributed by atoms with Crippen LogP contribution in [0.25, 0.3) is 0 Å². The molecule has 0 radical (unpaired) electrons. The number of rotatable bonds is 9. The summed E-state index contributed by atoms with van der Waals surface area (Å²) in [7, 11) is 1.28. The van der Waals surface area contributed by atoms with Gasteiger partial charge in [-0.05, 0) is 45.6 Å². The fourth-order valence-corrected chi connectivity index (χ4v) is 4.29. The largest absolute Gasteiger partial charge is 0.467 e. The molecule has 8 nitrogen and oxygen atoms in total. The highest BCUT2D eigenvalue weighted by molar-refractivity contribution is 7.99. The molecule has 1 saturated heterocycles. The first-order valence-electron chi connectivity index (χ1n) is 10.8. The van der Waals surface area contributed by atoms with Gasteiger partial charge in [0.2, 0.25) is 5.91 Å². The van der Waals surface area contributed by atoms with E-state index in [4.69, 9.17) is 14.2 Å². The average molecular weight is 467 g/mol. The van der Waals surface area contributed by atoms with Crippen LogP contribution in [0.2, 0.25) is 0 Å². The highest BCUT2D eigenvalue weighted by atomic mass is 32.2. The van der Waals surface area contributed by atoms with Gasteiger partial charge in [0, 0.05) is 18.8 Å². The molecule has 1 heterocycles. The summed E-state index contributed by atoms with van der Waals surface area (Å²) in [6.07, 6.45) is 2.56. The van der Waals surface area contributed by atoms with Crippen LogP contribution in [-0.4, -0.2) is 60.6 Å². The SMILES string of the molecule is COC(=O)[C@H](CS[C@H]1CCCCO1)NC(=O)[C@H](Cc1ccccc1)NC(=O)OC(C)(C)C. The summed E-state index contributed by atoms with van der Waals surface area (Å²) in [6, 6.07) is 7.54. The number of hydrogen-bond acceptors (Lipinski definition) is 7. The van der Waals surface area contributed by atoms with Crippen molar-refractivity contribution in [1.82, 2.24) is 10.6 Å². The second-order valence-electron chi connectivity index (χ2n) is 8.60. The molecule has 32 heavy (non-hydrogen) atoms. The minimum atomic E-state index is -0.921. The van der Waals surface area contributed by atoms with Crippen LogP contribution in [-0.2, 0) is 30.2 Å². The maximum atomic E-state index is 13.1. The molecule has 0 aromatic heterocycles. The molecule has 2 rings (SSSR count). The smallest absolute Gasteiger partial charge is 0.408 e. The molecule has 9 heteroatoms. The van der Waals surface area contributed by atoms with Gasteiger partial charge in [-0.1, -0.05) is 30.3 Å². The number of ether oxygens (including phenoxy) is 3. The molecule has 0 aliphatic carbocycles. The Morgan fingerprint density at radius 2 is 1.84 bits per heavy atom. The Hall–Kier alpha value is -2.26. The second-order valence-corrected chi connectivity index (χ2v) is 9.79. The lowest BCUT2D eigenvalue weighted by Crippen LogP contribution is -2.54. The highest BCUT2D eigenvalue weighted by Crippen LogP contribution is 2.24. The molecular formula is C23H34N2O6S. The third-order valence-corrected chi connectivity index (χ3v) is 5.95. The zero-order valence-corrected chi connectivity index (χ0v) is 20.0. The summed E-state index contributed by atoms with van der Waals surface area (Å²) in [5, 5.41) is 5.37. The van der Waals surface area contributed by atoms with E-state index in [-0.39, 0.29) is 11.9 Å². The van der Waals surface area contributed by atoms with Crippen LogP contribution in [0.4, 0.5) is 4.79 Å². The number of nitrogens with one attached hydrogen (secondary N) is 2. The molecule has 1 aliphatic rings. The maximum absolute atomic E-state index is 13.1. The Morgan fingerprint density at radius 1 is 1.12 bits per heavy atom. The molecule has 3 atom stereocenters. The van der Waals surface area contributed by atoms with Crippen molar-refractivity contribution < 1.29 is 28.6 Å². The average Bonchev–Trinajstić information content (AvgIpc) is 2.75. The van der Waals surface area contributed by atoms with Crippen LogP contribution < -0.4 is 10.6 Å². The van der Waals surface area contributed by atoms with E-state index in [9.17, 15) is 14.4 Å². The summed E-state index contributed by atoms with van der Waals surface area (Å²) in [4.78, 5) is 37.8. The fourth-order valence-electron chi connectivity index (χ4n) is 3.14. The monoisotopic (exact) mass is 466 g/mol. The summed E-state index contributed by atoms with van der Waals surface area (Å²) >= 11 is 1.48. The van der Waals surface area contributed by atoms with Crippen molar-refractivity contribution in [1.29, 1.82) is 0 Å². The lowest BCUT2D eigenvalue weighted by molar-refractivity contribution is -0.144. The molecular weight excluding hydrogens is 432 g/mol. The van der Waals surface area contributed by atoms with Gasteiger partial charge in [-0.3, -0.25) is 4.79 Å². The molecule has 1 fully saturated rings. The predicted molar refractivity (Wildman–Crippen MR) is 123 cm³/mol. The van der Waals surface area contributed by atoms with E-state index in [2.05, 4.69) is 10.6 Å². The topological polar surface area (TPSA) is 103 Å². The number of esters is 1. The number of carbonyl (C=O) groups is 3. The van der Waals surface area contributed by atoms with Gasteiger partial charge in [-0.15, -0.1) is 11.8 Å². The van der Waals surface area contributed by atoms with Crippen LogP contribution in [0, 0.1) is 0 Å². The van der Waals surface area contributed by atoms with Crippen molar-refractivity contribution in [3.05, 3.63) is 35.9 Å². The lowest BCUT2D eigenvalue weighted by atomic mass is 10.1. The molecule has 1 aliphatic heterocycles. The van der Waals surface area contributed by atoms with Gasteiger partial charge in [-0.2, -0.15) is 0 Å². The van der Waals surface area contributed by atoms with Crippen molar-refractivity contribution in [3.8, 4) is 0 Å². The van der Waals surface area contributed by atoms with Crippen molar-refractivity contribution in [3.63, 3.8) is 0 Å². The molecule has 0 saturated carbocycles. The number of carbonyl (C=O) groups excluding carboxylic acids is 3. The first-order valence-corrected chi connectivity index (χ1v) is 11.9. The summed E-state index contributed by atoms with van der Waals surface area (Å²) in [5.74, 6) is -0.717. The van der Waals surface area contributed by atoms with Crippen LogP contribution in [0.3, 0.4) is 0 Å². The minimum absolute atomic E-state index is 0.00666. The van der Waals surface area contributed by atoms with Crippen LogP contribution in [0.15, 0.2) is 30.3 Å². The molecule has 1 aromatic rings. The Balaban J connectivity index is 2.07. The molecule has 1 aromatic carbocycles. The van der Waals surface area contributed by atoms with Gasteiger partial charge in [-0.25, -0.2) is 9.59 Å². The van der Waals surface area contributed by atoms with Crippen molar-refractivity contribution in [2.24, 2.45) is 0 Å². The van der Waals surface area contributed by atoms with E-state index < -0.39 is 35.7 Å². The number of benzene rings is 1. The van der Waals surface area contributed by atoms with E-state index in [0.717, 1.165) is 24.8 Å². The second kappa shape index (κ2) is 12.7. The quantitative estimate of drug-likeness (QED) is 0.539. The Kier molecular flexibility index (Phi) is 10.3. The maximum Gasteiger partial charge on any atom is 0.408 e. The Bertz CT molecular complexity index is 747. The van der Waals surface area contributed by atoms with Crippen molar-refractivity contribution >= 4 is 29.7 Å². The van der Waals surface area contributed by atoms with Crippen LogP contribution in [0.1, 0.15) is 45.6 Å². The molecule has 0 bridgehead atoms. The summed E-state index contributed by atoms with van der Waals surface area (Å²) in [5.41, 5.74) is 0.152. The Morgan fingerprint density at radius 3 is 2.44 bits per heavy atom. The van der Waals surface area contributed by atoms with Gasteiger partial charge in [0.05, 0.1) is 7.11 Å². The Labute approximate surface area is 194 Å². The van der Waals surface area contributed by atoms with E-state index in [0.29, 0.717) is 12.4 Å². The van der Waals surface area contributed by atoms with Gasteiger partial charge in [0.15, 0.2) is 0 Å². The van der Waals surface area contributed by atoms with Crippen molar-refractivity contribution in [2.45, 2.75) is 69.6 Å². The minimum Gasteiger partial charge on any atom is -0.467 e. The highest BCUT2D eigenvalue weighted by Gasteiger charge is 2.30. The number of methoxy groups -OCH3 is 1. The third kappa shape index (κ3) is 9.48. The van der Waals surface area contributed by atoms with Crippen molar-refractivity contribution in [2.75, 3.05) is 19.5 Å². The molecule has 0 spiro atoms.